The summed E-state index contributed by atoms with van der Waals surface area (Å²) in [5, 5.41) is 3.10. The number of aryl methyl sites for hydroxylation is 1. The first kappa shape index (κ1) is 24.3. The Labute approximate surface area is 213 Å². The molecule has 1 N–H and O–H groups in total. The molecule has 0 bridgehead atoms. The largest absolute Gasteiger partial charge is 0.345 e. The Kier molecular flexibility index (Phi) is 6.92. The summed E-state index contributed by atoms with van der Waals surface area (Å²) in [7, 11) is 2.19. The smallest absolute Gasteiger partial charge is 0.253 e. The molecule has 0 radical (unpaired) electrons. The standard InChI is InChI=1S/C31H35N3O2/c1-21-4-6-24(7-5-21)30(26-16-18-33(3)19-17-26)25-10-8-23(9-11-25)22(2)32-31(36)27-12-15-29(35)34(20-27)28-13-14-28/h4-12,15,20,22,28H,13-14,16-19H2,1-3H3,(H,32,36)/t22-/m1/s1. The van der Waals surface area contributed by atoms with Crippen LogP contribution in [0.5, 0.6) is 0 Å². The second kappa shape index (κ2) is 10.3. The first-order chi connectivity index (χ1) is 17.4. The number of carbonyl (C=O) groups excluding carboxylic acids is 1. The van der Waals surface area contributed by atoms with E-state index < -0.39 is 0 Å². The van der Waals surface area contributed by atoms with Crippen molar-refractivity contribution in [2.75, 3.05) is 20.1 Å². The number of aromatic nitrogens is 1. The Morgan fingerprint density at radius 1 is 0.889 bits per heavy atom. The topological polar surface area (TPSA) is 54.3 Å². The van der Waals surface area contributed by atoms with Gasteiger partial charge < -0.3 is 14.8 Å². The van der Waals surface area contributed by atoms with E-state index >= 15 is 0 Å². The van der Waals surface area contributed by atoms with Crippen molar-refractivity contribution in [1.29, 1.82) is 0 Å². The number of carbonyl (C=O) groups is 1. The molecule has 3 aromatic rings. The molecule has 1 saturated carbocycles. The fourth-order valence-electron chi connectivity index (χ4n) is 5.01. The van der Waals surface area contributed by atoms with Gasteiger partial charge in [-0.3, -0.25) is 9.59 Å². The zero-order valence-corrected chi connectivity index (χ0v) is 21.5. The Morgan fingerprint density at radius 3 is 2.08 bits per heavy atom. The summed E-state index contributed by atoms with van der Waals surface area (Å²) in [5.74, 6) is -0.158. The predicted octanol–water partition coefficient (Wildman–Crippen LogP) is 5.51. The van der Waals surface area contributed by atoms with E-state index in [4.69, 9.17) is 0 Å². The summed E-state index contributed by atoms with van der Waals surface area (Å²) < 4.78 is 1.69. The lowest BCUT2D eigenvalue weighted by Crippen LogP contribution is -2.28. The lowest BCUT2D eigenvalue weighted by atomic mass is 9.87. The predicted molar refractivity (Wildman–Crippen MR) is 145 cm³/mol. The van der Waals surface area contributed by atoms with Crippen LogP contribution < -0.4 is 10.9 Å². The number of nitrogens with one attached hydrogen (secondary N) is 1. The highest BCUT2D eigenvalue weighted by molar-refractivity contribution is 5.94. The highest BCUT2D eigenvalue weighted by atomic mass is 16.2. The Balaban J connectivity index is 1.36. The molecule has 2 aromatic carbocycles. The van der Waals surface area contributed by atoms with Gasteiger partial charge in [0.15, 0.2) is 0 Å². The van der Waals surface area contributed by atoms with E-state index in [1.165, 1.54) is 33.9 Å². The van der Waals surface area contributed by atoms with Crippen LogP contribution in [0.1, 0.15) is 77.3 Å². The highest BCUT2D eigenvalue weighted by Crippen LogP contribution is 2.34. The molecule has 1 atom stereocenters. The van der Waals surface area contributed by atoms with Crippen molar-refractivity contribution in [2.45, 2.75) is 51.6 Å². The molecule has 2 heterocycles. The fourth-order valence-corrected chi connectivity index (χ4v) is 5.01. The third kappa shape index (κ3) is 5.36. The van der Waals surface area contributed by atoms with Crippen molar-refractivity contribution in [1.82, 2.24) is 14.8 Å². The number of rotatable bonds is 6. The van der Waals surface area contributed by atoms with Crippen molar-refractivity contribution >= 4 is 11.5 Å². The Bertz CT molecular complexity index is 1320. The molecule has 1 aliphatic heterocycles. The maximum atomic E-state index is 12.9. The molecule has 5 rings (SSSR count). The average Bonchev–Trinajstić information content (AvgIpc) is 3.72. The third-order valence-corrected chi connectivity index (χ3v) is 7.47. The molecule has 1 saturated heterocycles. The highest BCUT2D eigenvalue weighted by Gasteiger charge is 2.25. The Morgan fingerprint density at radius 2 is 1.47 bits per heavy atom. The number of nitrogens with zero attached hydrogens (tertiary/aromatic N) is 2. The van der Waals surface area contributed by atoms with Gasteiger partial charge >= 0.3 is 0 Å². The number of hydrogen-bond acceptors (Lipinski definition) is 3. The van der Waals surface area contributed by atoms with Crippen LogP contribution in [0.25, 0.3) is 5.57 Å². The van der Waals surface area contributed by atoms with Gasteiger partial charge in [-0.15, -0.1) is 0 Å². The molecule has 1 aromatic heterocycles. The van der Waals surface area contributed by atoms with Gasteiger partial charge in [0.25, 0.3) is 11.5 Å². The van der Waals surface area contributed by atoms with Crippen LogP contribution in [0, 0.1) is 6.92 Å². The van der Waals surface area contributed by atoms with E-state index in [1.54, 1.807) is 16.8 Å². The molecule has 5 nitrogen and oxygen atoms in total. The lowest BCUT2D eigenvalue weighted by molar-refractivity contribution is 0.0939. The van der Waals surface area contributed by atoms with Gasteiger partial charge in [0.2, 0.25) is 0 Å². The van der Waals surface area contributed by atoms with Crippen molar-refractivity contribution in [3.05, 3.63) is 111 Å². The molecule has 5 heteroatoms. The second-order valence-electron chi connectivity index (χ2n) is 10.4. The number of hydrogen-bond donors (Lipinski definition) is 1. The van der Waals surface area contributed by atoms with E-state index in [2.05, 4.69) is 72.7 Å². The van der Waals surface area contributed by atoms with Gasteiger partial charge in [-0.05, 0) is 74.9 Å². The van der Waals surface area contributed by atoms with Gasteiger partial charge in [-0.25, -0.2) is 0 Å². The van der Waals surface area contributed by atoms with Crippen LogP contribution in [-0.2, 0) is 0 Å². The van der Waals surface area contributed by atoms with Crippen LogP contribution in [0.2, 0.25) is 0 Å². The SMILES string of the molecule is Cc1ccc(C(=C2CCN(C)CC2)c2ccc([C@@H](C)NC(=O)c3ccc(=O)n(C4CC4)c3)cc2)cc1. The van der Waals surface area contributed by atoms with E-state index in [1.807, 2.05) is 6.92 Å². The minimum absolute atomic E-state index is 0.0409. The summed E-state index contributed by atoms with van der Waals surface area (Å²) in [5.41, 5.74) is 8.14. The van der Waals surface area contributed by atoms with Crippen molar-refractivity contribution in [2.24, 2.45) is 0 Å². The van der Waals surface area contributed by atoms with Gasteiger partial charge in [-0.1, -0.05) is 59.7 Å². The number of benzene rings is 2. The first-order valence-corrected chi connectivity index (χ1v) is 13.0. The van der Waals surface area contributed by atoms with Gasteiger partial charge in [-0.2, -0.15) is 0 Å². The van der Waals surface area contributed by atoms with E-state index in [0.29, 0.717) is 5.56 Å². The van der Waals surface area contributed by atoms with E-state index in [0.717, 1.165) is 44.3 Å². The van der Waals surface area contributed by atoms with Gasteiger partial charge in [0.1, 0.15) is 0 Å². The zero-order valence-electron chi connectivity index (χ0n) is 21.5. The fraction of sp³-hybridized carbons (Fsp3) is 0.355. The average molecular weight is 482 g/mol. The molecule has 36 heavy (non-hydrogen) atoms. The van der Waals surface area contributed by atoms with Crippen molar-refractivity contribution in [3.63, 3.8) is 0 Å². The lowest BCUT2D eigenvalue weighted by Gasteiger charge is -2.27. The maximum absolute atomic E-state index is 12.9. The van der Waals surface area contributed by atoms with Crippen LogP contribution in [0.3, 0.4) is 0 Å². The molecule has 0 spiro atoms. The molecule has 2 aliphatic rings. The van der Waals surface area contributed by atoms with Gasteiger partial charge in [0, 0.05) is 31.4 Å². The summed E-state index contributed by atoms with van der Waals surface area (Å²) in [4.78, 5) is 27.4. The quantitative estimate of drug-likeness (QED) is 0.505. The van der Waals surface area contributed by atoms with Crippen LogP contribution in [0.4, 0.5) is 0 Å². The minimum atomic E-state index is -0.158. The van der Waals surface area contributed by atoms with Crippen LogP contribution in [0.15, 0.2) is 77.2 Å². The Hall–Kier alpha value is -3.44. The van der Waals surface area contributed by atoms with Crippen molar-refractivity contribution < 1.29 is 4.79 Å². The number of pyridine rings is 1. The second-order valence-corrected chi connectivity index (χ2v) is 10.4. The number of likely N-dealkylation sites (tertiary alicyclic amines) is 1. The summed E-state index contributed by atoms with van der Waals surface area (Å²) in [6, 6.07) is 20.7. The van der Waals surface area contributed by atoms with Crippen LogP contribution >= 0.6 is 0 Å². The zero-order chi connectivity index (χ0) is 25.2. The molecular formula is C31H35N3O2. The molecular weight excluding hydrogens is 446 g/mol. The molecule has 1 amide bonds. The molecule has 1 aliphatic carbocycles. The number of amides is 1. The molecule has 0 unspecified atom stereocenters. The minimum Gasteiger partial charge on any atom is -0.345 e. The van der Waals surface area contributed by atoms with E-state index in [-0.39, 0.29) is 23.6 Å². The molecule has 186 valence electrons. The number of piperidine rings is 1. The summed E-state index contributed by atoms with van der Waals surface area (Å²) in [6.45, 7) is 6.29. The van der Waals surface area contributed by atoms with Crippen molar-refractivity contribution in [3.8, 4) is 0 Å². The normalized spacial score (nSPS) is 17.0. The first-order valence-electron chi connectivity index (χ1n) is 13.0. The summed E-state index contributed by atoms with van der Waals surface area (Å²) >= 11 is 0. The van der Waals surface area contributed by atoms with Gasteiger partial charge in [0.05, 0.1) is 11.6 Å². The van der Waals surface area contributed by atoms with Crippen LogP contribution in [-0.4, -0.2) is 35.5 Å². The third-order valence-electron chi connectivity index (χ3n) is 7.47. The maximum Gasteiger partial charge on any atom is 0.253 e. The summed E-state index contributed by atoms with van der Waals surface area (Å²) in [6.07, 6.45) is 5.87. The molecule has 2 fully saturated rings. The van der Waals surface area contributed by atoms with E-state index in [9.17, 15) is 9.59 Å². The monoisotopic (exact) mass is 481 g/mol.